The number of para-hydroxylation sites is 2. The lowest BCUT2D eigenvalue weighted by Gasteiger charge is -2.18. The second-order valence-corrected chi connectivity index (χ2v) is 8.25. The second kappa shape index (κ2) is 8.88. The van der Waals surface area contributed by atoms with E-state index in [9.17, 15) is 14.4 Å². The van der Waals surface area contributed by atoms with Gasteiger partial charge in [0.15, 0.2) is 0 Å². The summed E-state index contributed by atoms with van der Waals surface area (Å²) in [7, 11) is 0. The van der Waals surface area contributed by atoms with Crippen molar-refractivity contribution in [2.24, 2.45) is 5.92 Å². The van der Waals surface area contributed by atoms with Crippen LogP contribution >= 0.6 is 11.6 Å². The minimum atomic E-state index is -0.514. The highest BCUT2D eigenvalue weighted by molar-refractivity contribution is 6.34. The second-order valence-electron chi connectivity index (χ2n) is 7.85. The first-order chi connectivity index (χ1) is 14.5. The Kier molecular flexibility index (Phi) is 6.04. The Bertz CT molecular complexity index is 972. The van der Waals surface area contributed by atoms with Gasteiger partial charge in [0.25, 0.3) is 5.91 Å². The molecule has 0 bridgehead atoms. The first kappa shape index (κ1) is 20.4. The van der Waals surface area contributed by atoms with Crippen molar-refractivity contribution in [1.82, 2.24) is 5.32 Å². The maximum absolute atomic E-state index is 12.9. The fraction of sp³-hybridized carbons (Fsp3) is 0.348. The van der Waals surface area contributed by atoms with Crippen LogP contribution in [0.25, 0.3) is 0 Å². The minimum Gasteiger partial charge on any atom is -0.349 e. The molecule has 1 aliphatic heterocycles. The third-order valence-electron chi connectivity index (χ3n) is 5.76. The summed E-state index contributed by atoms with van der Waals surface area (Å²) < 4.78 is 0. The fourth-order valence-corrected chi connectivity index (χ4v) is 4.38. The van der Waals surface area contributed by atoms with Gasteiger partial charge in [-0.1, -0.05) is 48.7 Å². The van der Waals surface area contributed by atoms with Crippen molar-refractivity contribution >= 4 is 40.7 Å². The maximum atomic E-state index is 12.9. The predicted octanol–water partition coefficient (Wildman–Crippen LogP) is 4.00. The Hall–Kier alpha value is -2.86. The van der Waals surface area contributed by atoms with Crippen LogP contribution in [0, 0.1) is 5.92 Å². The van der Waals surface area contributed by atoms with E-state index in [2.05, 4.69) is 10.6 Å². The fourth-order valence-electron chi connectivity index (χ4n) is 4.14. The van der Waals surface area contributed by atoms with Crippen LogP contribution in [0.2, 0.25) is 5.02 Å². The van der Waals surface area contributed by atoms with Gasteiger partial charge in [0, 0.05) is 19.0 Å². The molecule has 1 atom stereocenters. The quantitative estimate of drug-likeness (QED) is 0.759. The van der Waals surface area contributed by atoms with Crippen LogP contribution in [-0.2, 0) is 9.59 Å². The summed E-state index contributed by atoms with van der Waals surface area (Å²) in [6.45, 7) is 0.255. The molecule has 7 heteroatoms. The molecule has 30 heavy (non-hydrogen) atoms. The molecule has 1 saturated carbocycles. The van der Waals surface area contributed by atoms with Crippen LogP contribution in [0.3, 0.4) is 0 Å². The van der Waals surface area contributed by atoms with Crippen molar-refractivity contribution < 1.29 is 14.4 Å². The summed E-state index contributed by atoms with van der Waals surface area (Å²) >= 11 is 6.21. The topological polar surface area (TPSA) is 78.5 Å². The predicted molar refractivity (Wildman–Crippen MR) is 117 cm³/mol. The molecule has 2 aliphatic rings. The minimum absolute atomic E-state index is 0.105. The van der Waals surface area contributed by atoms with E-state index in [0.29, 0.717) is 22.0 Å². The lowest BCUT2D eigenvalue weighted by Crippen LogP contribution is -2.34. The van der Waals surface area contributed by atoms with E-state index in [1.54, 1.807) is 53.4 Å². The summed E-state index contributed by atoms with van der Waals surface area (Å²) in [5.74, 6) is -1.12. The van der Waals surface area contributed by atoms with E-state index in [0.717, 1.165) is 25.7 Å². The summed E-state index contributed by atoms with van der Waals surface area (Å²) in [4.78, 5) is 39.6. The smallest absolute Gasteiger partial charge is 0.253 e. The van der Waals surface area contributed by atoms with Crippen molar-refractivity contribution in [2.75, 3.05) is 16.8 Å². The monoisotopic (exact) mass is 425 g/mol. The lowest BCUT2D eigenvalue weighted by atomic mass is 10.1. The van der Waals surface area contributed by atoms with Crippen molar-refractivity contribution in [3.05, 3.63) is 59.1 Å². The van der Waals surface area contributed by atoms with Crippen LogP contribution in [0.4, 0.5) is 11.4 Å². The number of carbonyl (C=O) groups is 3. The number of halogens is 1. The van der Waals surface area contributed by atoms with Gasteiger partial charge in [-0.15, -0.1) is 0 Å². The van der Waals surface area contributed by atoms with Crippen LogP contribution in [0.5, 0.6) is 0 Å². The highest BCUT2D eigenvalue weighted by Crippen LogP contribution is 2.31. The third-order valence-corrected chi connectivity index (χ3v) is 6.08. The van der Waals surface area contributed by atoms with Gasteiger partial charge in [-0.3, -0.25) is 14.4 Å². The van der Waals surface area contributed by atoms with Gasteiger partial charge >= 0.3 is 0 Å². The zero-order chi connectivity index (χ0) is 21.1. The largest absolute Gasteiger partial charge is 0.349 e. The zero-order valence-corrected chi connectivity index (χ0v) is 17.3. The summed E-state index contributed by atoms with van der Waals surface area (Å²) in [6.07, 6.45) is 4.33. The average molecular weight is 426 g/mol. The molecule has 1 saturated heterocycles. The van der Waals surface area contributed by atoms with Gasteiger partial charge in [-0.25, -0.2) is 0 Å². The standard InChI is InChI=1S/C23H24ClN3O3/c24-18-10-4-6-12-20(18)27-14-15(13-21(27)28)22(29)26-19-11-5-3-9-17(19)23(30)25-16-7-1-2-8-16/h3-6,9-12,15-16H,1-2,7-8,13-14H2,(H,25,30)(H,26,29)/t15-/m0/s1. The number of anilines is 2. The molecule has 1 aliphatic carbocycles. The van der Waals surface area contributed by atoms with Gasteiger partial charge in [0.1, 0.15) is 0 Å². The van der Waals surface area contributed by atoms with E-state index in [1.165, 1.54) is 0 Å². The SMILES string of the molecule is O=C(NC1CCCC1)c1ccccc1NC(=O)[C@H]1CC(=O)N(c2ccccc2Cl)C1. The van der Waals surface area contributed by atoms with E-state index in [-0.39, 0.29) is 36.7 Å². The van der Waals surface area contributed by atoms with Crippen molar-refractivity contribution in [2.45, 2.75) is 38.1 Å². The summed E-state index contributed by atoms with van der Waals surface area (Å²) in [6, 6.07) is 14.2. The van der Waals surface area contributed by atoms with E-state index >= 15 is 0 Å². The van der Waals surface area contributed by atoms with Gasteiger partial charge < -0.3 is 15.5 Å². The average Bonchev–Trinajstić information content (AvgIpc) is 3.38. The molecule has 1 heterocycles. The Morgan fingerprint density at radius 1 is 1.00 bits per heavy atom. The van der Waals surface area contributed by atoms with Gasteiger partial charge in [-0.2, -0.15) is 0 Å². The third kappa shape index (κ3) is 4.33. The number of hydrogen-bond donors (Lipinski definition) is 2. The molecule has 2 aromatic carbocycles. The van der Waals surface area contributed by atoms with E-state index < -0.39 is 5.92 Å². The van der Waals surface area contributed by atoms with Crippen molar-refractivity contribution in [3.63, 3.8) is 0 Å². The Morgan fingerprint density at radius 3 is 2.47 bits per heavy atom. The Morgan fingerprint density at radius 2 is 1.70 bits per heavy atom. The van der Waals surface area contributed by atoms with Gasteiger partial charge in [0.05, 0.1) is 27.9 Å². The molecule has 156 valence electrons. The van der Waals surface area contributed by atoms with Crippen molar-refractivity contribution in [1.29, 1.82) is 0 Å². The van der Waals surface area contributed by atoms with Crippen LogP contribution in [0.15, 0.2) is 48.5 Å². The molecule has 0 unspecified atom stereocenters. The van der Waals surface area contributed by atoms with Gasteiger partial charge in [-0.05, 0) is 37.1 Å². The number of rotatable bonds is 5. The molecule has 4 rings (SSSR count). The molecule has 2 N–H and O–H groups in total. The number of hydrogen-bond acceptors (Lipinski definition) is 3. The molecular weight excluding hydrogens is 402 g/mol. The molecule has 0 aromatic heterocycles. The zero-order valence-electron chi connectivity index (χ0n) is 16.6. The normalized spacial score (nSPS) is 19.2. The number of nitrogens with one attached hydrogen (secondary N) is 2. The van der Waals surface area contributed by atoms with Crippen molar-refractivity contribution in [3.8, 4) is 0 Å². The molecule has 0 spiro atoms. The first-order valence-corrected chi connectivity index (χ1v) is 10.7. The molecule has 2 aromatic rings. The first-order valence-electron chi connectivity index (χ1n) is 10.3. The van der Waals surface area contributed by atoms with Gasteiger partial charge in [0.2, 0.25) is 11.8 Å². The lowest BCUT2D eigenvalue weighted by molar-refractivity contribution is -0.122. The molecular formula is C23H24ClN3O3. The Balaban J connectivity index is 1.45. The number of nitrogens with zero attached hydrogens (tertiary/aromatic N) is 1. The highest BCUT2D eigenvalue weighted by Gasteiger charge is 2.36. The maximum Gasteiger partial charge on any atom is 0.253 e. The molecule has 0 radical (unpaired) electrons. The number of carbonyl (C=O) groups excluding carboxylic acids is 3. The number of benzene rings is 2. The van der Waals surface area contributed by atoms with Crippen LogP contribution in [-0.4, -0.2) is 30.3 Å². The molecule has 2 fully saturated rings. The van der Waals surface area contributed by atoms with E-state index in [1.807, 2.05) is 0 Å². The summed E-state index contributed by atoms with van der Waals surface area (Å²) in [5, 5.41) is 6.38. The van der Waals surface area contributed by atoms with Crippen LogP contribution in [0.1, 0.15) is 42.5 Å². The Labute approximate surface area is 180 Å². The highest BCUT2D eigenvalue weighted by atomic mass is 35.5. The van der Waals surface area contributed by atoms with E-state index in [4.69, 9.17) is 11.6 Å². The van der Waals surface area contributed by atoms with Crippen LogP contribution < -0.4 is 15.5 Å². The summed E-state index contributed by atoms with van der Waals surface area (Å²) in [5.41, 5.74) is 1.50. The molecule has 6 nitrogen and oxygen atoms in total. The molecule has 3 amide bonds. The number of amides is 3.